The first-order chi connectivity index (χ1) is 14.4. The summed E-state index contributed by atoms with van der Waals surface area (Å²) in [6, 6.07) is 8.25. The SMILES string of the molecule is C[C@H](Nc1cc(CN(C)C)nc(-c2c[nH]c3ncc(Cl)nc23)n1)c1ccc(F)cc1. The van der Waals surface area contributed by atoms with Gasteiger partial charge in [0.25, 0.3) is 0 Å². The van der Waals surface area contributed by atoms with Crippen LogP contribution in [0.25, 0.3) is 22.6 Å². The lowest BCUT2D eigenvalue weighted by Gasteiger charge is -2.17. The lowest BCUT2D eigenvalue weighted by molar-refractivity contribution is 0.397. The molecule has 3 aromatic heterocycles. The van der Waals surface area contributed by atoms with Crippen LogP contribution in [0.3, 0.4) is 0 Å². The summed E-state index contributed by atoms with van der Waals surface area (Å²) in [5.41, 5.74) is 3.75. The average molecular weight is 426 g/mol. The number of hydrogen-bond acceptors (Lipinski definition) is 6. The van der Waals surface area contributed by atoms with Gasteiger partial charge in [0.2, 0.25) is 0 Å². The molecule has 4 rings (SSSR count). The van der Waals surface area contributed by atoms with Gasteiger partial charge in [0, 0.05) is 24.8 Å². The van der Waals surface area contributed by atoms with E-state index in [-0.39, 0.29) is 11.9 Å². The predicted molar refractivity (Wildman–Crippen MR) is 116 cm³/mol. The number of aromatic amines is 1. The van der Waals surface area contributed by atoms with Gasteiger partial charge >= 0.3 is 0 Å². The molecule has 1 atom stereocenters. The molecule has 0 spiro atoms. The van der Waals surface area contributed by atoms with Crippen molar-refractivity contribution in [3.63, 3.8) is 0 Å². The van der Waals surface area contributed by atoms with E-state index in [0.717, 1.165) is 16.8 Å². The van der Waals surface area contributed by atoms with E-state index in [2.05, 4.69) is 20.3 Å². The van der Waals surface area contributed by atoms with Crippen LogP contribution in [0.1, 0.15) is 24.2 Å². The number of halogens is 2. The molecule has 0 radical (unpaired) electrons. The summed E-state index contributed by atoms with van der Waals surface area (Å²) >= 11 is 6.04. The molecule has 0 aliphatic rings. The maximum Gasteiger partial charge on any atom is 0.165 e. The summed E-state index contributed by atoms with van der Waals surface area (Å²) in [7, 11) is 3.96. The number of benzene rings is 1. The molecule has 30 heavy (non-hydrogen) atoms. The van der Waals surface area contributed by atoms with Crippen molar-refractivity contribution in [1.82, 2.24) is 29.8 Å². The van der Waals surface area contributed by atoms with Crippen LogP contribution in [-0.4, -0.2) is 43.9 Å². The van der Waals surface area contributed by atoms with Gasteiger partial charge in [0.05, 0.1) is 17.5 Å². The highest BCUT2D eigenvalue weighted by Crippen LogP contribution is 2.27. The molecule has 1 aromatic carbocycles. The average Bonchev–Trinajstić information content (AvgIpc) is 3.10. The zero-order chi connectivity index (χ0) is 21.3. The number of nitrogens with zero attached hydrogens (tertiary/aromatic N) is 5. The van der Waals surface area contributed by atoms with Gasteiger partial charge in [-0.1, -0.05) is 23.7 Å². The molecule has 3 heterocycles. The molecule has 4 aromatic rings. The zero-order valence-corrected chi connectivity index (χ0v) is 17.6. The van der Waals surface area contributed by atoms with Gasteiger partial charge in [-0.15, -0.1) is 0 Å². The first-order valence-corrected chi connectivity index (χ1v) is 9.81. The van der Waals surface area contributed by atoms with Crippen LogP contribution in [0, 0.1) is 5.82 Å². The molecule has 0 saturated carbocycles. The minimum atomic E-state index is -0.261. The van der Waals surface area contributed by atoms with Crippen molar-refractivity contribution in [2.24, 2.45) is 0 Å². The number of rotatable bonds is 6. The van der Waals surface area contributed by atoms with E-state index in [1.54, 1.807) is 18.3 Å². The van der Waals surface area contributed by atoms with Gasteiger partial charge in [-0.05, 0) is 38.7 Å². The van der Waals surface area contributed by atoms with Gasteiger partial charge in [-0.3, -0.25) is 0 Å². The standard InChI is InChI=1S/C21H21ClFN7/c1-12(13-4-6-14(23)7-5-13)26-18-8-15(11-30(2)3)27-20(29-18)16-9-24-21-19(16)28-17(22)10-25-21/h4-10,12H,11H2,1-3H3,(H,24,25)(H,26,27,29)/t12-/m0/s1. The zero-order valence-electron chi connectivity index (χ0n) is 16.8. The summed E-state index contributed by atoms with van der Waals surface area (Å²) in [4.78, 5) is 23.2. The monoisotopic (exact) mass is 425 g/mol. The Bertz CT molecular complexity index is 1170. The molecule has 7 nitrogen and oxygen atoms in total. The van der Waals surface area contributed by atoms with Crippen LogP contribution in [0.5, 0.6) is 0 Å². The highest BCUT2D eigenvalue weighted by Gasteiger charge is 2.16. The van der Waals surface area contributed by atoms with Crippen LogP contribution < -0.4 is 5.32 Å². The second kappa shape index (κ2) is 8.33. The second-order valence-corrected chi connectivity index (χ2v) is 7.70. The van der Waals surface area contributed by atoms with E-state index in [4.69, 9.17) is 21.6 Å². The lowest BCUT2D eigenvalue weighted by atomic mass is 10.1. The first-order valence-electron chi connectivity index (χ1n) is 9.44. The minimum Gasteiger partial charge on any atom is -0.363 e. The Morgan fingerprint density at radius 1 is 1.17 bits per heavy atom. The van der Waals surface area contributed by atoms with Gasteiger partial charge in [-0.25, -0.2) is 24.3 Å². The number of nitrogens with one attached hydrogen (secondary N) is 2. The summed E-state index contributed by atoms with van der Waals surface area (Å²) in [6.45, 7) is 2.64. The van der Waals surface area contributed by atoms with E-state index < -0.39 is 0 Å². The Labute approximate surface area is 178 Å². The van der Waals surface area contributed by atoms with E-state index >= 15 is 0 Å². The fourth-order valence-corrected chi connectivity index (χ4v) is 3.33. The van der Waals surface area contributed by atoms with Crippen LogP contribution in [0.4, 0.5) is 10.2 Å². The van der Waals surface area contributed by atoms with E-state index in [0.29, 0.717) is 34.5 Å². The highest BCUT2D eigenvalue weighted by molar-refractivity contribution is 6.29. The lowest BCUT2D eigenvalue weighted by Crippen LogP contribution is -2.14. The van der Waals surface area contributed by atoms with Gasteiger partial charge < -0.3 is 15.2 Å². The Balaban J connectivity index is 1.73. The molecule has 0 saturated heterocycles. The third-order valence-electron chi connectivity index (χ3n) is 4.58. The van der Waals surface area contributed by atoms with Crippen molar-refractivity contribution in [1.29, 1.82) is 0 Å². The largest absolute Gasteiger partial charge is 0.363 e. The van der Waals surface area contributed by atoms with Gasteiger partial charge in [-0.2, -0.15) is 0 Å². The molecular weight excluding hydrogens is 405 g/mol. The first kappa shape index (κ1) is 20.2. The molecule has 0 fully saturated rings. The molecule has 0 bridgehead atoms. The van der Waals surface area contributed by atoms with Crippen LogP contribution in [0.15, 0.2) is 42.7 Å². The minimum absolute atomic E-state index is 0.0715. The van der Waals surface area contributed by atoms with Gasteiger partial charge in [0.1, 0.15) is 22.3 Å². The van der Waals surface area contributed by atoms with E-state index in [1.807, 2.05) is 32.0 Å². The smallest absolute Gasteiger partial charge is 0.165 e. The van der Waals surface area contributed by atoms with Crippen LogP contribution in [-0.2, 0) is 6.54 Å². The summed E-state index contributed by atoms with van der Waals surface area (Å²) in [6.07, 6.45) is 3.27. The molecule has 154 valence electrons. The molecule has 0 unspecified atom stereocenters. The van der Waals surface area contributed by atoms with Crippen LogP contribution >= 0.6 is 11.6 Å². The Kier molecular flexibility index (Phi) is 5.61. The Morgan fingerprint density at radius 3 is 2.67 bits per heavy atom. The molecular formula is C21H21ClFN7. The Morgan fingerprint density at radius 2 is 1.93 bits per heavy atom. The molecule has 0 amide bonds. The molecule has 0 aliphatic carbocycles. The van der Waals surface area contributed by atoms with Crippen LogP contribution in [0.2, 0.25) is 5.15 Å². The topological polar surface area (TPSA) is 82.6 Å². The number of aromatic nitrogens is 5. The third kappa shape index (κ3) is 4.39. The quantitative estimate of drug-likeness (QED) is 0.475. The van der Waals surface area contributed by atoms with Crippen molar-refractivity contribution >= 4 is 28.6 Å². The maximum absolute atomic E-state index is 13.2. The van der Waals surface area contributed by atoms with Gasteiger partial charge in [0.15, 0.2) is 11.5 Å². The van der Waals surface area contributed by atoms with Crippen molar-refractivity contribution in [2.75, 3.05) is 19.4 Å². The summed E-state index contributed by atoms with van der Waals surface area (Å²) < 4.78 is 13.2. The summed E-state index contributed by atoms with van der Waals surface area (Å²) in [5, 5.41) is 3.69. The van der Waals surface area contributed by atoms with Crippen molar-refractivity contribution in [3.05, 3.63) is 65.0 Å². The van der Waals surface area contributed by atoms with Crippen molar-refractivity contribution in [2.45, 2.75) is 19.5 Å². The summed E-state index contributed by atoms with van der Waals surface area (Å²) in [5.74, 6) is 0.923. The number of anilines is 1. The number of hydrogen-bond donors (Lipinski definition) is 2. The predicted octanol–water partition coefficient (Wildman–Crippen LogP) is 4.44. The Hall–Kier alpha value is -3.10. The second-order valence-electron chi connectivity index (χ2n) is 7.32. The molecule has 0 aliphatic heterocycles. The number of H-pyrrole nitrogens is 1. The highest BCUT2D eigenvalue weighted by atomic mass is 35.5. The van der Waals surface area contributed by atoms with Crippen molar-refractivity contribution in [3.8, 4) is 11.4 Å². The maximum atomic E-state index is 13.2. The fourth-order valence-electron chi connectivity index (χ4n) is 3.19. The number of fused-ring (bicyclic) bond motifs is 1. The molecule has 2 N–H and O–H groups in total. The fraction of sp³-hybridized carbons (Fsp3) is 0.238. The van der Waals surface area contributed by atoms with E-state index in [9.17, 15) is 4.39 Å². The molecule has 9 heteroatoms. The van der Waals surface area contributed by atoms with Crippen molar-refractivity contribution < 1.29 is 4.39 Å². The third-order valence-corrected chi connectivity index (χ3v) is 4.77. The van der Waals surface area contributed by atoms with E-state index in [1.165, 1.54) is 18.3 Å². The normalized spacial score (nSPS) is 12.5.